The Labute approximate surface area is 239 Å². The Hall–Kier alpha value is -4.02. The number of imidazole rings is 1. The summed E-state index contributed by atoms with van der Waals surface area (Å²) in [5, 5.41) is 5.80. The van der Waals surface area contributed by atoms with E-state index in [0.29, 0.717) is 42.1 Å². The first-order chi connectivity index (χ1) is 19.5. The fourth-order valence-corrected chi connectivity index (χ4v) is 6.55. The summed E-state index contributed by atoms with van der Waals surface area (Å²) in [5.74, 6) is 1.87. The highest BCUT2D eigenvalue weighted by atomic mass is 16.6. The Morgan fingerprint density at radius 2 is 1.88 bits per heavy atom. The second-order valence-corrected chi connectivity index (χ2v) is 12.6. The molecule has 2 N–H and O–H groups in total. The van der Waals surface area contributed by atoms with Crippen LogP contribution in [0.4, 0.5) is 4.79 Å². The van der Waals surface area contributed by atoms with Gasteiger partial charge < -0.3 is 29.2 Å². The van der Waals surface area contributed by atoms with Crippen LogP contribution in [0, 0.1) is 11.3 Å². The van der Waals surface area contributed by atoms with E-state index in [9.17, 15) is 9.59 Å². The molecular weight excluding hydrogens is 522 g/mol. The molecule has 2 aliphatic rings. The zero-order valence-electron chi connectivity index (χ0n) is 24.7. The standard InChI is InChI=1S/C30H39N7O4/c1-30(2,3)25-22(41-29(31)39)8-7-11-36(25)28(38)18-12-20-24(23(14-18)40-6)35(5)27(32-20)21-13-19-16-34(4)33-26(19)37(21)15-17-9-10-17/h12-14,16-17,22,25H,7-11,15H2,1-6H3,(H2,31,39). The van der Waals surface area contributed by atoms with Crippen molar-refractivity contribution >= 4 is 34.1 Å². The number of carbonyl (C=O) groups excluding carboxylic acids is 2. The van der Waals surface area contributed by atoms with Crippen molar-refractivity contribution in [2.24, 2.45) is 31.2 Å². The van der Waals surface area contributed by atoms with Gasteiger partial charge in [0.05, 0.1) is 24.4 Å². The van der Waals surface area contributed by atoms with Gasteiger partial charge in [-0.25, -0.2) is 9.78 Å². The first-order valence-corrected chi connectivity index (χ1v) is 14.3. The van der Waals surface area contributed by atoms with Crippen LogP contribution < -0.4 is 10.5 Å². The largest absolute Gasteiger partial charge is 0.494 e. The maximum Gasteiger partial charge on any atom is 0.404 e. The van der Waals surface area contributed by atoms with Crippen molar-refractivity contribution in [3.05, 3.63) is 30.0 Å². The number of nitrogens with two attached hydrogens (primary N) is 1. The van der Waals surface area contributed by atoms with Crippen molar-refractivity contribution in [3.63, 3.8) is 0 Å². The summed E-state index contributed by atoms with van der Waals surface area (Å²) in [6.07, 6.45) is 4.56. The van der Waals surface area contributed by atoms with E-state index in [1.807, 2.05) is 61.3 Å². The van der Waals surface area contributed by atoms with Gasteiger partial charge in [-0.3, -0.25) is 9.48 Å². The number of rotatable bonds is 6. The van der Waals surface area contributed by atoms with E-state index in [4.69, 9.17) is 25.3 Å². The molecule has 4 aromatic rings. The summed E-state index contributed by atoms with van der Waals surface area (Å²) in [6, 6.07) is 5.44. The van der Waals surface area contributed by atoms with Gasteiger partial charge in [0.1, 0.15) is 17.4 Å². The van der Waals surface area contributed by atoms with Crippen molar-refractivity contribution in [2.75, 3.05) is 13.7 Å². The number of aryl methyl sites for hydroxylation is 2. The first kappa shape index (κ1) is 27.2. The third-order valence-electron chi connectivity index (χ3n) is 8.43. The minimum atomic E-state index is -0.822. The van der Waals surface area contributed by atoms with Gasteiger partial charge in [-0.05, 0) is 55.2 Å². The lowest BCUT2D eigenvalue weighted by molar-refractivity contribution is -0.0352. The molecule has 2 unspecified atom stereocenters. The average molecular weight is 562 g/mol. The molecule has 1 saturated heterocycles. The number of aromatic nitrogens is 5. The second kappa shape index (κ2) is 9.81. The lowest BCUT2D eigenvalue weighted by Crippen LogP contribution is -2.58. The molecule has 1 aliphatic carbocycles. The highest BCUT2D eigenvalue weighted by molar-refractivity contribution is 6.00. The van der Waals surface area contributed by atoms with Gasteiger partial charge in [-0.1, -0.05) is 20.8 Å². The number of nitrogens with zero attached hydrogens (tertiary/aromatic N) is 6. The van der Waals surface area contributed by atoms with E-state index >= 15 is 0 Å². The van der Waals surface area contributed by atoms with Crippen LogP contribution in [-0.2, 0) is 25.4 Å². The normalized spacial score (nSPS) is 19.7. The zero-order valence-corrected chi connectivity index (χ0v) is 24.7. The highest BCUT2D eigenvalue weighted by Gasteiger charge is 2.44. The number of hydrogen-bond acceptors (Lipinski definition) is 6. The molecule has 1 aliphatic heterocycles. The van der Waals surface area contributed by atoms with Crippen LogP contribution in [0.15, 0.2) is 24.4 Å². The summed E-state index contributed by atoms with van der Waals surface area (Å²) < 4.78 is 17.5. The molecule has 1 aromatic carbocycles. The van der Waals surface area contributed by atoms with Gasteiger partial charge in [0.25, 0.3) is 5.91 Å². The molecule has 3 aromatic heterocycles. The summed E-state index contributed by atoms with van der Waals surface area (Å²) in [4.78, 5) is 32.7. The maximum atomic E-state index is 14.1. The fraction of sp³-hybridized carbons (Fsp3) is 0.533. The average Bonchev–Trinajstić information content (AvgIpc) is 3.46. The van der Waals surface area contributed by atoms with Crippen molar-refractivity contribution in [1.29, 1.82) is 0 Å². The Bertz CT molecular complexity index is 1650. The zero-order chi connectivity index (χ0) is 29.2. The molecule has 11 heteroatoms. The number of amides is 2. The maximum absolute atomic E-state index is 14.1. The number of fused-ring (bicyclic) bond motifs is 2. The molecule has 2 fully saturated rings. The lowest BCUT2D eigenvalue weighted by Gasteiger charge is -2.47. The Morgan fingerprint density at radius 1 is 1.12 bits per heavy atom. The summed E-state index contributed by atoms with van der Waals surface area (Å²) in [6.45, 7) is 7.60. The van der Waals surface area contributed by atoms with E-state index in [0.717, 1.165) is 34.6 Å². The quantitative estimate of drug-likeness (QED) is 0.371. The van der Waals surface area contributed by atoms with Gasteiger partial charge in [0, 0.05) is 44.3 Å². The molecule has 2 atom stereocenters. The molecule has 41 heavy (non-hydrogen) atoms. The molecule has 0 bridgehead atoms. The Kier molecular flexibility index (Phi) is 6.50. The third-order valence-corrected chi connectivity index (χ3v) is 8.43. The Morgan fingerprint density at radius 3 is 2.54 bits per heavy atom. The lowest BCUT2D eigenvalue weighted by atomic mass is 9.78. The number of methoxy groups -OCH3 is 1. The number of piperidine rings is 1. The minimum absolute atomic E-state index is 0.150. The number of likely N-dealkylation sites (tertiary alicyclic amines) is 1. The summed E-state index contributed by atoms with van der Waals surface area (Å²) in [5.41, 5.74) is 8.98. The summed E-state index contributed by atoms with van der Waals surface area (Å²) >= 11 is 0. The van der Waals surface area contributed by atoms with E-state index in [2.05, 4.69) is 10.6 Å². The van der Waals surface area contributed by atoms with Crippen LogP contribution in [0.2, 0.25) is 0 Å². The molecular formula is C30H39N7O4. The number of carbonyl (C=O) groups is 2. The number of primary amides is 1. The van der Waals surface area contributed by atoms with Crippen LogP contribution in [0.3, 0.4) is 0 Å². The smallest absolute Gasteiger partial charge is 0.404 e. The van der Waals surface area contributed by atoms with Crippen molar-refractivity contribution in [3.8, 4) is 17.3 Å². The van der Waals surface area contributed by atoms with Gasteiger partial charge in [-0.15, -0.1) is 0 Å². The van der Waals surface area contributed by atoms with Crippen molar-refractivity contribution < 1.29 is 19.1 Å². The van der Waals surface area contributed by atoms with E-state index in [1.54, 1.807) is 13.2 Å². The Balaban J connectivity index is 1.43. The van der Waals surface area contributed by atoms with Crippen LogP contribution in [0.25, 0.3) is 33.6 Å². The van der Waals surface area contributed by atoms with Gasteiger partial charge in [0.2, 0.25) is 0 Å². The predicted molar refractivity (Wildman–Crippen MR) is 156 cm³/mol. The van der Waals surface area contributed by atoms with E-state index in [1.165, 1.54) is 12.8 Å². The highest BCUT2D eigenvalue weighted by Crippen LogP contribution is 2.39. The second-order valence-electron chi connectivity index (χ2n) is 12.6. The molecule has 218 valence electrons. The van der Waals surface area contributed by atoms with E-state index < -0.39 is 12.2 Å². The van der Waals surface area contributed by atoms with Gasteiger partial charge >= 0.3 is 6.09 Å². The SMILES string of the molecule is COc1cc(C(=O)N2CCCC(OC(N)=O)C2C(C)(C)C)cc2nc(-c3cc4cn(C)nc4n3CC3CC3)n(C)c12. The van der Waals surface area contributed by atoms with Crippen molar-refractivity contribution in [2.45, 2.75) is 65.1 Å². The molecule has 11 nitrogen and oxygen atoms in total. The minimum Gasteiger partial charge on any atom is -0.494 e. The van der Waals surface area contributed by atoms with Crippen molar-refractivity contribution in [1.82, 2.24) is 28.8 Å². The van der Waals surface area contributed by atoms with E-state index in [-0.39, 0.29) is 17.4 Å². The van der Waals surface area contributed by atoms with Gasteiger partial charge in [-0.2, -0.15) is 5.10 Å². The van der Waals surface area contributed by atoms with Crippen LogP contribution in [-0.4, -0.2) is 66.6 Å². The van der Waals surface area contributed by atoms with Crippen LogP contribution in [0.1, 0.15) is 56.8 Å². The van der Waals surface area contributed by atoms with Gasteiger partial charge in [0.15, 0.2) is 11.5 Å². The monoisotopic (exact) mass is 561 g/mol. The van der Waals surface area contributed by atoms with Crippen LogP contribution >= 0.6 is 0 Å². The predicted octanol–water partition coefficient (Wildman–Crippen LogP) is 4.46. The number of ether oxygens (including phenoxy) is 2. The summed E-state index contributed by atoms with van der Waals surface area (Å²) in [7, 11) is 5.53. The molecule has 0 radical (unpaired) electrons. The number of benzene rings is 1. The molecule has 6 rings (SSSR count). The third kappa shape index (κ3) is 4.81. The molecule has 4 heterocycles. The molecule has 0 spiro atoms. The topological polar surface area (TPSA) is 122 Å². The van der Waals surface area contributed by atoms with Crippen LogP contribution in [0.5, 0.6) is 5.75 Å². The fourth-order valence-electron chi connectivity index (χ4n) is 6.55. The molecule has 1 saturated carbocycles. The number of hydrogen-bond donors (Lipinski definition) is 1. The first-order valence-electron chi connectivity index (χ1n) is 14.3. The molecule has 2 amide bonds.